The molecule has 316 valence electrons. The predicted molar refractivity (Wildman–Crippen MR) is 229 cm³/mol. The molecule has 2 aliphatic heterocycles. The van der Waals surface area contributed by atoms with Crippen LogP contribution in [0.2, 0.25) is 0 Å². The van der Waals surface area contributed by atoms with E-state index in [4.69, 9.17) is 19.4 Å². The van der Waals surface area contributed by atoms with E-state index in [9.17, 15) is 19.2 Å². The Labute approximate surface area is 355 Å². The van der Waals surface area contributed by atoms with Gasteiger partial charge < -0.3 is 39.9 Å². The molecule has 2 aromatic heterocycles. The average Bonchev–Trinajstić information content (AvgIpc) is 3.63. The highest BCUT2D eigenvalue weighted by molar-refractivity contribution is 5.88. The number of amides is 4. The number of aromatic amines is 2. The molecule has 3 aliphatic rings. The second-order valence-electron chi connectivity index (χ2n) is 17.1. The summed E-state index contributed by atoms with van der Waals surface area (Å²) in [6, 6.07) is 20.7. The average molecular weight is 825 g/mol. The number of nitrogens with zero attached hydrogens (tertiary/aromatic N) is 4. The zero-order valence-electron chi connectivity index (χ0n) is 35.3. The van der Waals surface area contributed by atoms with Crippen LogP contribution in [0, 0.1) is 29.1 Å². The van der Waals surface area contributed by atoms with E-state index in [1.807, 2.05) is 103 Å². The first-order valence-corrected chi connectivity index (χ1v) is 20.9. The molecular weight excluding hydrogens is 773 g/mol. The molecule has 0 bridgehead atoms. The maximum absolute atomic E-state index is 14.3. The molecule has 4 heterocycles. The third-order valence-electron chi connectivity index (χ3n) is 12.7. The number of hydrogen-bond acceptors (Lipinski definition) is 8. The Morgan fingerprint density at radius 1 is 0.836 bits per heavy atom. The van der Waals surface area contributed by atoms with Crippen molar-refractivity contribution in [3.63, 3.8) is 0 Å². The van der Waals surface area contributed by atoms with Gasteiger partial charge in [-0.2, -0.15) is 0 Å². The maximum atomic E-state index is 14.3. The zero-order chi connectivity index (χ0) is 43.0. The van der Waals surface area contributed by atoms with Crippen molar-refractivity contribution < 1.29 is 28.7 Å². The van der Waals surface area contributed by atoms with Crippen molar-refractivity contribution in [3.05, 3.63) is 107 Å². The van der Waals surface area contributed by atoms with Gasteiger partial charge in [0.15, 0.2) is 0 Å². The molecule has 0 radical (unpaired) electrons. The molecule has 1 spiro atoms. The monoisotopic (exact) mass is 824 g/mol. The molecular formula is C47H52N8O6. The fourth-order valence-corrected chi connectivity index (χ4v) is 8.82. The van der Waals surface area contributed by atoms with Crippen LogP contribution in [-0.2, 0) is 19.1 Å². The normalized spacial score (nSPS) is 21.2. The van der Waals surface area contributed by atoms with Gasteiger partial charge in [-0.05, 0) is 91.3 Å². The lowest BCUT2D eigenvalue weighted by molar-refractivity contribution is -0.137. The first-order valence-electron chi connectivity index (χ1n) is 20.9. The topological polar surface area (TPSA) is 175 Å². The highest BCUT2D eigenvalue weighted by Crippen LogP contribution is 2.58. The van der Waals surface area contributed by atoms with Crippen molar-refractivity contribution in [2.45, 2.75) is 83.6 Å². The van der Waals surface area contributed by atoms with E-state index in [0.717, 1.165) is 58.5 Å². The fraction of sp³-hybridized carbons (Fsp3) is 0.404. The lowest BCUT2D eigenvalue weighted by Crippen LogP contribution is -2.51. The molecule has 8 rings (SSSR count). The number of H-pyrrole nitrogens is 2. The summed E-state index contributed by atoms with van der Waals surface area (Å²) in [5, 5.41) is 5.48. The largest absolute Gasteiger partial charge is 0.453 e. The van der Waals surface area contributed by atoms with Gasteiger partial charge in [-0.3, -0.25) is 9.59 Å². The first-order chi connectivity index (χ1) is 29.4. The number of imidazole rings is 2. The van der Waals surface area contributed by atoms with Crippen LogP contribution in [-0.4, -0.2) is 86.6 Å². The molecule has 61 heavy (non-hydrogen) atoms. The van der Waals surface area contributed by atoms with Crippen molar-refractivity contribution in [1.82, 2.24) is 40.4 Å². The number of carbonyl (C=O) groups is 4. The Bertz CT molecular complexity index is 2500. The van der Waals surface area contributed by atoms with E-state index in [1.165, 1.54) is 14.2 Å². The molecule has 3 aromatic carbocycles. The number of likely N-dealkylation sites (tertiary alicyclic amines) is 2. The number of ether oxygens (including phenoxy) is 2. The Kier molecular flexibility index (Phi) is 11.3. The van der Waals surface area contributed by atoms with Crippen molar-refractivity contribution in [2.24, 2.45) is 17.3 Å². The number of methoxy groups -OCH3 is 2. The molecule has 1 unspecified atom stereocenters. The molecule has 4 N–H and O–H groups in total. The van der Waals surface area contributed by atoms with E-state index in [0.29, 0.717) is 24.4 Å². The Morgan fingerprint density at radius 3 is 2.21 bits per heavy atom. The number of nitrogens with one attached hydrogen (secondary N) is 4. The second kappa shape index (κ2) is 16.8. The molecule has 4 amide bonds. The number of fused-ring (bicyclic) bond motifs is 1. The zero-order valence-corrected chi connectivity index (χ0v) is 35.3. The van der Waals surface area contributed by atoms with Crippen LogP contribution in [0.4, 0.5) is 9.59 Å². The number of aromatic nitrogens is 4. The molecule has 14 heteroatoms. The molecule has 14 nitrogen and oxygen atoms in total. The third-order valence-corrected chi connectivity index (χ3v) is 12.7. The van der Waals surface area contributed by atoms with Gasteiger partial charge in [-0.25, -0.2) is 19.6 Å². The molecule has 1 saturated carbocycles. The van der Waals surface area contributed by atoms with E-state index in [1.54, 1.807) is 6.20 Å². The van der Waals surface area contributed by atoms with Gasteiger partial charge in [0, 0.05) is 23.7 Å². The Morgan fingerprint density at radius 2 is 1.52 bits per heavy atom. The van der Waals surface area contributed by atoms with E-state index < -0.39 is 24.3 Å². The lowest BCUT2D eigenvalue weighted by atomic mass is 10.0. The highest BCUT2D eigenvalue weighted by atomic mass is 16.5. The second-order valence-corrected chi connectivity index (χ2v) is 17.1. The third kappa shape index (κ3) is 8.42. The summed E-state index contributed by atoms with van der Waals surface area (Å²) in [6.45, 7) is 8.63. The summed E-state index contributed by atoms with van der Waals surface area (Å²) in [5.74, 6) is 7.71. The number of hydrogen-bond donors (Lipinski definition) is 4. The van der Waals surface area contributed by atoms with Crippen LogP contribution in [0.15, 0.2) is 79.0 Å². The van der Waals surface area contributed by atoms with Gasteiger partial charge in [0.05, 0.1) is 49.2 Å². The summed E-state index contributed by atoms with van der Waals surface area (Å²) >= 11 is 0. The van der Waals surface area contributed by atoms with Crippen LogP contribution in [0.25, 0.3) is 22.3 Å². The summed E-state index contributed by atoms with van der Waals surface area (Å²) in [6.07, 6.45) is 4.20. The first kappa shape index (κ1) is 41.1. The van der Waals surface area contributed by atoms with Gasteiger partial charge in [-0.1, -0.05) is 75.1 Å². The molecule has 3 fully saturated rings. The number of carbonyl (C=O) groups excluding carboxylic acids is 4. The Hall–Kier alpha value is -6.62. The lowest BCUT2D eigenvalue weighted by Gasteiger charge is -2.32. The standard InChI is InChI=1S/C47H52N8O6/c1-27(2)39(52-45(58)60-5)43(56)54-26-47(20-21-47)24-38(54)41-48-25-36(51-41)32-17-14-30(15-18-32)12-13-31-16-19-34-35(23-31)50-42(49-34)37-22-28(3)29(4)55(37)44(57)40(53-46(59)61-6)33-10-8-7-9-11-33/h7-11,14-19,23,25,27-29,37-40H,20-22,24,26H2,1-6H3,(H,48,51)(H,49,50)(H,52,58)(H,53,59)/t28-,29?,37+,38+,39+,40-/m1/s1. The van der Waals surface area contributed by atoms with Crippen LogP contribution in [0.5, 0.6) is 0 Å². The quantitative estimate of drug-likeness (QED) is 0.113. The van der Waals surface area contributed by atoms with Crippen LogP contribution < -0.4 is 10.6 Å². The smallest absolute Gasteiger partial charge is 0.407 e. The van der Waals surface area contributed by atoms with Crippen molar-refractivity contribution in [3.8, 4) is 23.1 Å². The van der Waals surface area contributed by atoms with E-state index in [2.05, 4.69) is 39.4 Å². The molecule has 6 atom stereocenters. The summed E-state index contributed by atoms with van der Waals surface area (Å²) in [5.41, 5.74) is 5.79. The SMILES string of the molecule is COC(=O)N[C@H](C(=O)N1CC2(CC2)C[C@H]1c1ncc(-c2ccc(C#Cc3ccc4nc([C@@H]5C[C@@H](C)C(C)N5C(=O)[C@H](NC(=O)OC)c5ccccc5)[nH]c4c3)cc2)[nH]1)C(C)C. The summed E-state index contributed by atoms with van der Waals surface area (Å²) in [4.78, 5) is 73.0. The Balaban J connectivity index is 0.969. The van der Waals surface area contributed by atoms with Gasteiger partial charge in [0.1, 0.15) is 23.7 Å². The van der Waals surface area contributed by atoms with Gasteiger partial charge in [0.25, 0.3) is 5.91 Å². The van der Waals surface area contributed by atoms with Crippen LogP contribution >= 0.6 is 0 Å². The van der Waals surface area contributed by atoms with Gasteiger partial charge in [-0.15, -0.1) is 0 Å². The molecule has 2 saturated heterocycles. The number of rotatable bonds is 9. The van der Waals surface area contributed by atoms with Crippen molar-refractivity contribution in [2.75, 3.05) is 20.8 Å². The minimum atomic E-state index is -0.918. The highest BCUT2D eigenvalue weighted by Gasteiger charge is 2.55. The number of alkyl carbamates (subject to hydrolysis) is 2. The summed E-state index contributed by atoms with van der Waals surface area (Å²) < 4.78 is 9.68. The minimum absolute atomic E-state index is 0.0939. The predicted octanol–water partition coefficient (Wildman–Crippen LogP) is 7.18. The minimum Gasteiger partial charge on any atom is -0.453 e. The maximum Gasteiger partial charge on any atom is 0.407 e. The van der Waals surface area contributed by atoms with E-state index >= 15 is 0 Å². The van der Waals surface area contributed by atoms with Crippen molar-refractivity contribution >= 4 is 35.0 Å². The number of benzene rings is 3. The van der Waals surface area contributed by atoms with Crippen molar-refractivity contribution in [1.29, 1.82) is 0 Å². The van der Waals surface area contributed by atoms with E-state index in [-0.39, 0.29) is 47.2 Å². The summed E-state index contributed by atoms with van der Waals surface area (Å²) in [7, 11) is 2.58. The molecule has 5 aromatic rings. The fourth-order valence-electron chi connectivity index (χ4n) is 8.82. The van der Waals surface area contributed by atoms with Crippen LogP contribution in [0.1, 0.15) is 99.8 Å². The van der Waals surface area contributed by atoms with Gasteiger partial charge >= 0.3 is 12.2 Å². The molecule has 1 aliphatic carbocycles. The van der Waals surface area contributed by atoms with Crippen LogP contribution in [0.3, 0.4) is 0 Å². The van der Waals surface area contributed by atoms with Gasteiger partial charge in [0.2, 0.25) is 5.91 Å².